The van der Waals surface area contributed by atoms with Gasteiger partial charge in [0.2, 0.25) is 0 Å². The minimum absolute atomic E-state index is 0. The van der Waals surface area contributed by atoms with E-state index in [1.165, 1.54) is 0 Å². The maximum absolute atomic E-state index is 0. The van der Waals surface area contributed by atoms with Crippen LogP contribution in [0.25, 0.3) is 0 Å². The predicted molar refractivity (Wildman–Crippen MR) is 39.8 cm³/mol. The van der Waals surface area contributed by atoms with Crippen molar-refractivity contribution >= 4 is 109 Å². The molecule has 0 aliphatic heterocycles. The van der Waals surface area contributed by atoms with Crippen molar-refractivity contribution in [3.8, 4) is 0 Å². The molecule has 0 atom stereocenters. The molecule has 0 aromatic carbocycles. The van der Waals surface area contributed by atoms with E-state index < -0.39 is 0 Å². The monoisotopic (exact) mass is 301 g/mol. The molecule has 0 rings (SSSR count). The van der Waals surface area contributed by atoms with E-state index in [2.05, 4.69) is 0 Å². The summed E-state index contributed by atoms with van der Waals surface area (Å²) in [6.07, 6.45) is 0. The molecule has 0 fully saturated rings. The average Bonchev–Trinajstić information content (AvgIpc) is 0. The molecule has 31 valence electrons. The second kappa shape index (κ2) is 25.0. The van der Waals surface area contributed by atoms with Crippen LogP contribution >= 0.6 is 0 Å². The molecule has 0 spiro atoms. The predicted octanol–water partition coefficient (Wildman–Crippen LogP) is -4.74. The maximum Gasteiger partial charge on any atom is 0 e. The van der Waals surface area contributed by atoms with Crippen LogP contribution in [0.15, 0.2) is 0 Å². The normalized spacial score (nSPS) is 0. The van der Waals surface area contributed by atoms with Gasteiger partial charge in [0.25, 0.3) is 0 Å². The van der Waals surface area contributed by atoms with E-state index in [9.17, 15) is 0 Å². The molecule has 0 aromatic rings. The van der Waals surface area contributed by atoms with Crippen LogP contribution in [0.2, 0.25) is 0 Å². The summed E-state index contributed by atoms with van der Waals surface area (Å²) in [5, 5.41) is 0. The van der Waals surface area contributed by atoms with Crippen LogP contribution in [0.5, 0.6) is 0 Å². The van der Waals surface area contributed by atoms with E-state index in [4.69, 9.17) is 0 Å². The molecule has 0 aliphatic carbocycles. The third-order valence-corrected chi connectivity index (χ3v) is 0. The second-order valence-electron chi connectivity index (χ2n) is 0. The fourth-order valence-electron chi connectivity index (χ4n) is 0. The summed E-state index contributed by atoms with van der Waals surface area (Å²) in [4.78, 5) is 0. The standard InChI is InChI=1S/Ba.Ca.Mn.2H4Si.4H/h;;;2*1H4;;;;. The van der Waals surface area contributed by atoms with Crippen LogP contribution in [0.3, 0.4) is 0 Å². The molecule has 0 amide bonds. The zero-order chi connectivity index (χ0) is 0. The van der Waals surface area contributed by atoms with Gasteiger partial charge in [0.1, 0.15) is 0 Å². The minimum Gasteiger partial charge on any atom is -0.0149 e. The van der Waals surface area contributed by atoms with Gasteiger partial charge in [0, 0.05) is 17.1 Å². The Morgan fingerprint density at radius 3 is 0.800 bits per heavy atom. The van der Waals surface area contributed by atoms with Gasteiger partial charge in [-0.2, -0.15) is 0 Å². The first-order chi connectivity index (χ1) is 0. The molecule has 0 bridgehead atoms. The Morgan fingerprint density at radius 1 is 0.800 bits per heavy atom. The Hall–Kier alpha value is 3.78. The van der Waals surface area contributed by atoms with Gasteiger partial charge >= 0.3 is 86.6 Å². The molecule has 0 unspecified atom stereocenters. The van der Waals surface area contributed by atoms with Crippen molar-refractivity contribution < 1.29 is 17.1 Å². The Morgan fingerprint density at radius 2 is 0.800 bits per heavy atom. The molecule has 0 saturated heterocycles. The van der Waals surface area contributed by atoms with E-state index >= 15 is 0 Å². The molecular weight excluding hydrogens is 289 g/mol. The van der Waals surface area contributed by atoms with Crippen molar-refractivity contribution in [2.24, 2.45) is 0 Å². The molecule has 0 nitrogen and oxygen atoms in total. The third-order valence-electron chi connectivity index (χ3n) is 0. The Labute approximate surface area is 122 Å². The zero-order valence-electron chi connectivity index (χ0n) is 0.378. The summed E-state index contributed by atoms with van der Waals surface area (Å²) >= 11 is 0. The maximum atomic E-state index is 0. The van der Waals surface area contributed by atoms with Crippen molar-refractivity contribution in [2.45, 2.75) is 0 Å². The molecule has 0 heterocycles. The molecule has 5 heavy (non-hydrogen) atoms. The van der Waals surface area contributed by atoms with Crippen molar-refractivity contribution in [3.05, 3.63) is 0 Å². The SMILES string of the molecule is [BaH2].[CaH2].[Mn].[SiH4].[SiH4]. The van der Waals surface area contributed by atoms with Crippen molar-refractivity contribution in [1.82, 2.24) is 0 Å². The number of rotatable bonds is 0. The summed E-state index contributed by atoms with van der Waals surface area (Å²) in [6, 6.07) is 0. The van der Waals surface area contributed by atoms with Gasteiger partial charge in [-0.1, -0.05) is 0 Å². The van der Waals surface area contributed by atoms with Crippen LogP contribution in [0.4, 0.5) is 0 Å². The quantitative estimate of drug-likeness (QED) is 0.394. The Kier molecular flexibility index (Phi) is 186. The fraction of sp³-hybridized carbons (Fsp3) is 0. The van der Waals surface area contributed by atoms with E-state index in [0.29, 0.717) is 0 Å². The number of hydrogen-bond acceptors (Lipinski definition) is 0. The fourth-order valence-corrected chi connectivity index (χ4v) is 0. The van der Waals surface area contributed by atoms with Gasteiger partial charge < -0.3 is 0 Å². The summed E-state index contributed by atoms with van der Waals surface area (Å²) in [5.74, 6) is 0. The van der Waals surface area contributed by atoms with Gasteiger partial charge in [-0.3, -0.25) is 0 Å². The topological polar surface area (TPSA) is 0 Å². The average molecular weight is 301 g/mol. The van der Waals surface area contributed by atoms with Crippen molar-refractivity contribution in [2.75, 3.05) is 0 Å². The third kappa shape index (κ3) is 18.2. The van der Waals surface area contributed by atoms with Crippen molar-refractivity contribution in [1.29, 1.82) is 0 Å². The van der Waals surface area contributed by atoms with Gasteiger partial charge in [-0.05, 0) is 21.9 Å². The smallest absolute Gasteiger partial charge is 0 e. The first-order valence-corrected chi connectivity index (χ1v) is 0. The minimum atomic E-state index is 0. The van der Waals surface area contributed by atoms with E-state index in [0.717, 1.165) is 0 Å². The van der Waals surface area contributed by atoms with E-state index in [1.54, 1.807) is 0 Å². The van der Waals surface area contributed by atoms with Crippen LogP contribution in [0, 0.1) is 0 Å². The van der Waals surface area contributed by atoms with Crippen LogP contribution in [-0.4, -0.2) is 109 Å². The van der Waals surface area contributed by atoms with Crippen molar-refractivity contribution in [3.63, 3.8) is 0 Å². The molecule has 0 aliphatic rings. The molecule has 0 aromatic heterocycles. The van der Waals surface area contributed by atoms with E-state index in [-0.39, 0.29) is 126 Å². The molecule has 0 saturated carbocycles. The van der Waals surface area contributed by atoms with Crippen LogP contribution in [-0.2, 0) is 17.1 Å². The van der Waals surface area contributed by atoms with Gasteiger partial charge in [-0.25, -0.2) is 0 Å². The van der Waals surface area contributed by atoms with Crippen LogP contribution in [0.1, 0.15) is 0 Å². The number of hydrogen-bond donors (Lipinski definition) is 0. The first-order valence-electron chi connectivity index (χ1n) is 0. The van der Waals surface area contributed by atoms with Crippen LogP contribution < -0.4 is 0 Å². The second-order valence-corrected chi connectivity index (χ2v) is 0. The molecule has 5 heteroatoms. The van der Waals surface area contributed by atoms with Gasteiger partial charge in [0.05, 0.1) is 0 Å². The van der Waals surface area contributed by atoms with Gasteiger partial charge in [0.15, 0.2) is 0 Å². The Bertz CT molecular complexity index is 9.61. The zero-order valence-corrected chi connectivity index (χ0v) is 1.56. The largest absolute Gasteiger partial charge is 0.0149 e. The summed E-state index contributed by atoms with van der Waals surface area (Å²) in [7, 11) is 0. The summed E-state index contributed by atoms with van der Waals surface area (Å²) < 4.78 is 0. The molecular formula is H12BaCaMnSi2. The first kappa shape index (κ1) is 37.2. The summed E-state index contributed by atoms with van der Waals surface area (Å²) in [5.41, 5.74) is 0. The summed E-state index contributed by atoms with van der Waals surface area (Å²) in [6.45, 7) is 0. The van der Waals surface area contributed by atoms with E-state index in [1.807, 2.05) is 0 Å². The molecule has 0 N–H and O–H groups in total. The molecule has 1 radical (unpaired) electrons. The Balaban J connectivity index is 0. The van der Waals surface area contributed by atoms with Gasteiger partial charge in [-0.15, -0.1) is 0 Å².